The molecule has 3 rings (SSSR count). The minimum Gasteiger partial charge on any atom is -0.314 e. The van der Waals surface area contributed by atoms with Crippen LogP contribution >= 0.6 is 0 Å². The number of nitrogens with one attached hydrogen (secondary N) is 1. The predicted octanol–water partition coefficient (Wildman–Crippen LogP) is 2.58. The molecule has 2 fully saturated rings. The highest BCUT2D eigenvalue weighted by Gasteiger charge is 2.26. The van der Waals surface area contributed by atoms with Crippen LogP contribution in [0.3, 0.4) is 0 Å². The summed E-state index contributed by atoms with van der Waals surface area (Å²) < 4.78 is 0. The second-order valence-electron chi connectivity index (χ2n) is 5.89. The summed E-state index contributed by atoms with van der Waals surface area (Å²) >= 11 is 0. The van der Waals surface area contributed by atoms with E-state index in [9.17, 15) is 0 Å². The Hall–Kier alpha value is -0.860. The molecular weight excluding hydrogens is 220 g/mol. The fourth-order valence-electron chi connectivity index (χ4n) is 2.57. The third-order valence-corrected chi connectivity index (χ3v) is 4.11. The van der Waals surface area contributed by atoms with Crippen LogP contribution < -0.4 is 5.32 Å². The molecule has 2 saturated carbocycles. The quantitative estimate of drug-likeness (QED) is 0.793. The average molecular weight is 244 g/mol. The number of rotatable bonds is 7. The van der Waals surface area contributed by atoms with Crippen molar-refractivity contribution in [2.75, 3.05) is 13.6 Å². The minimum absolute atomic E-state index is 0.825. The van der Waals surface area contributed by atoms with Gasteiger partial charge in [0.25, 0.3) is 0 Å². The van der Waals surface area contributed by atoms with Gasteiger partial charge in [-0.2, -0.15) is 0 Å². The molecule has 0 unspecified atom stereocenters. The average Bonchev–Trinajstić information content (AvgIpc) is 3.25. The second-order valence-corrected chi connectivity index (χ2v) is 5.89. The van der Waals surface area contributed by atoms with Gasteiger partial charge in [-0.25, -0.2) is 0 Å². The lowest BCUT2D eigenvalue weighted by Gasteiger charge is -2.18. The summed E-state index contributed by atoms with van der Waals surface area (Å²) in [4.78, 5) is 2.51. The molecule has 1 N–H and O–H groups in total. The molecule has 2 aliphatic carbocycles. The molecule has 0 amide bonds. The van der Waals surface area contributed by atoms with E-state index in [1.165, 1.54) is 43.2 Å². The lowest BCUT2D eigenvalue weighted by molar-refractivity contribution is 0.315. The van der Waals surface area contributed by atoms with Gasteiger partial charge >= 0.3 is 0 Å². The first-order valence-electron chi connectivity index (χ1n) is 7.33. The van der Waals surface area contributed by atoms with Crippen LogP contribution in [0.2, 0.25) is 0 Å². The van der Waals surface area contributed by atoms with Gasteiger partial charge < -0.3 is 5.32 Å². The number of nitrogens with zero attached hydrogens (tertiary/aromatic N) is 1. The van der Waals surface area contributed by atoms with Crippen molar-refractivity contribution >= 4 is 0 Å². The van der Waals surface area contributed by atoms with Gasteiger partial charge in [-0.1, -0.05) is 24.3 Å². The van der Waals surface area contributed by atoms with Crippen molar-refractivity contribution in [3.63, 3.8) is 0 Å². The minimum atomic E-state index is 0.825. The van der Waals surface area contributed by atoms with Crippen LogP contribution in [0.4, 0.5) is 0 Å². The molecule has 2 heteroatoms. The lowest BCUT2D eigenvalue weighted by Crippen LogP contribution is -2.22. The van der Waals surface area contributed by atoms with Gasteiger partial charge in [0.2, 0.25) is 0 Å². The highest BCUT2D eigenvalue weighted by molar-refractivity contribution is 5.27. The molecule has 98 valence electrons. The molecule has 0 aliphatic heterocycles. The maximum absolute atomic E-state index is 3.61. The van der Waals surface area contributed by atoms with Crippen molar-refractivity contribution in [3.05, 3.63) is 35.4 Å². The number of benzene rings is 1. The molecule has 18 heavy (non-hydrogen) atoms. The largest absolute Gasteiger partial charge is 0.314 e. The van der Waals surface area contributed by atoms with Crippen LogP contribution in [0.1, 0.15) is 36.8 Å². The standard InChI is InChI=1S/C16H24N2/c1-18(16-8-9-16)12-14-5-3-2-4-13(14)10-11-17-15-6-7-15/h2-5,15-17H,6-12H2,1H3. The first-order chi connectivity index (χ1) is 8.83. The van der Waals surface area contributed by atoms with E-state index in [0.717, 1.165) is 25.2 Å². The summed E-state index contributed by atoms with van der Waals surface area (Å²) in [6, 6.07) is 10.6. The molecule has 2 nitrogen and oxygen atoms in total. The van der Waals surface area contributed by atoms with E-state index in [-0.39, 0.29) is 0 Å². The normalized spacial score (nSPS) is 19.4. The molecule has 0 bridgehead atoms. The van der Waals surface area contributed by atoms with Gasteiger partial charge in [-0.05, 0) is 56.8 Å². The van der Waals surface area contributed by atoms with Gasteiger partial charge in [0.05, 0.1) is 0 Å². The third kappa shape index (κ3) is 3.33. The van der Waals surface area contributed by atoms with E-state index in [4.69, 9.17) is 0 Å². The molecule has 0 atom stereocenters. The summed E-state index contributed by atoms with van der Waals surface area (Å²) in [6.07, 6.45) is 6.72. The zero-order valence-corrected chi connectivity index (χ0v) is 11.4. The first-order valence-corrected chi connectivity index (χ1v) is 7.33. The summed E-state index contributed by atoms with van der Waals surface area (Å²) in [7, 11) is 2.26. The van der Waals surface area contributed by atoms with Gasteiger partial charge in [-0.3, -0.25) is 4.90 Å². The van der Waals surface area contributed by atoms with E-state index in [2.05, 4.69) is 41.5 Å². The van der Waals surface area contributed by atoms with Crippen LogP contribution in [0.25, 0.3) is 0 Å². The molecule has 0 heterocycles. The monoisotopic (exact) mass is 244 g/mol. The van der Waals surface area contributed by atoms with E-state index < -0.39 is 0 Å². The predicted molar refractivity (Wildman–Crippen MR) is 75.7 cm³/mol. The van der Waals surface area contributed by atoms with Crippen molar-refractivity contribution in [1.82, 2.24) is 10.2 Å². The van der Waals surface area contributed by atoms with Crippen LogP contribution in [-0.2, 0) is 13.0 Å². The summed E-state index contributed by atoms with van der Waals surface area (Å²) in [6.45, 7) is 2.25. The zero-order chi connectivity index (χ0) is 12.4. The molecule has 0 saturated heterocycles. The third-order valence-electron chi connectivity index (χ3n) is 4.11. The lowest BCUT2D eigenvalue weighted by atomic mass is 10.0. The summed E-state index contributed by atoms with van der Waals surface area (Å²) in [5, 5.41) is 3.61. The van der Waals surface area contributed by atoms with Crippen LogP contribution in [-0.4, -0.2) is 30.6 Å². The number of hydrogen-bond donors (Lipinski definition) is 1. The Labute approximate surface area is 110 Å². The van der Waals surface area contributed by atoms with Gasteiger partial charge in [0.15, 0.2) is 0 Å². The van der Waals surface area contributed by atoms with Crippen LogP contribution in [0.5, 0.6) is 0 Å². The molecule has 0 spiro atoms. The molecule has 1 aromatic carbocycles. The van der Waals surface area contributed by atoms with Gasteiger partial charge in [0, 0.05) is 18.6 Å². The smallest absolute Gasteiger partial charge is 0.0236 e. The van der Waals surface area contributed by atoms with Gasteiger partial charge in [-0.15, -0.1) is 0 Å². The van der Waals surface area contributed by atoms with Crippen molar-refractivity contribution in [2.24, 2.45) is 0 Å². The van der Waals surface area contributed by atoms with Crippen molar-refractivity contribution < 1.29 is 0 Å². The fourth-order valence-corrected chi connectivity index (χ4v) is 2.57. The Morgan fingerprint density at radius 3 is 2.50 bits per heavy atom. The second kappa shape index (κ2) is 5.41. The maximum Gasteiger partial charge on any atom is 0.0236 e. The van der Waals surface area contributed by atoms with E-state index in [1.807, 2.05) is 0 Å². The topological polar surface area (TPSA) is 15.3 Å². The Morgan fingerprint density at radius 2 is 1.83 bits per heavy atom. The summed E-state index contributed by atoms with van der Waals surface area (Å²) in [5.74, 6) is 0. The summed E-state index contributed by atoms with van der Waals surface area (Å²) in [5.41, 5.74) is 3.04. The highest BCUT2D eigenvalue weighted by atomic mass is 15.1. The molecular formula is C16H24N2. The SMILES string of the molecule is CN(Cc1ccccc1CCNC1CC1)C1CC1. The van der Waals surface area contributed by atoms with Crippen LogP contribution in [0, 0.1) is 0 Å². The molecule has 2 aliphatic rings. The van der Waals surface area contributed by atoms with Gasteiger partial charge in [0.1, 0.15) is 0 Å². The first kappa shape index (κ1) is 12.2. The Morgan fingerprint density at radius 1 is 1.11 bits per heavy atom. The van der Waals surface area contributed by atoms with E-state index in [0.29, 0.717) is 0 Å². The zero-order valence-electron chi connectivity index (χ0n) is 11.4. The van der Waals surface area contributed by atoms with Crippen molar-refractivity contribution in [2.45, 2.75) is 50.7 Å². The van der Waals surface area contributed by atoms with E-state index >= 15 is 0 Å². The van der Waals surface area contributed by atoms with Crippen LogP contribution in [0.15, 0.2) is 24.3 Å². The van der Waals surface area contributed by atoms with Crippen molar-refractivity contribution in [1.29, 1.82) is 0 Å². The number of hydrogen-bond acceptors (Lipinski definition) is 2. The molecule has 1 aromatic rings. The van der Waals surface area contributed by atoms with Crippen molar-refractivity contribution in [3.8, 4) is 0 Å². The Bertz CT molecular complexity index is 394. The Balaban J connectivity index is 1.56. The molecule has 0 radical (unpaired) electrons. The highest BCUT2D eigenvalue weighted by Crippen LogP contribution is 2.27. The molecule has 0 aromatic heterocycles. The Kier molecular flexibility index (Phi) is 3.67. The van der Waals surface area contributed by atoms with E-state index in [1.54, 1.807) is 0 Å². The maximum atomic E-state index is 3.61. The fraction of sp³-hybridized carbons (Fsp3) is 0.625.